The van der Waals surface area contributed by atoms with Gasteiger partial charge in [-0.3, -0.25) is 4.79 Å². The van der Waals surface area contributed by atoms with Crippen LogP contribution < -0.4 is 20.5 Å². The predicted molar refractivity (Wildman–Crippen MR) is 104 cm³/mol. The first-order valence-corrected chi connectivity index (χ1v) is 10.2. The van der Waals surface area contributed by atoms with E-state index in [1.165, 1.54) is 12.1 Å². The second kappa shape index (κ2) is 10.1. The number of nitrogens with two attached hydrogens (primary N) is 1. The van der Waals surface area contributed by atoms with Gasteiger partial charge in [0.15, 0.2) is 0 Å². The molecule has 2 aromatic carbocycles. The van der Waals surface area contributed by atoms with Crippen LogP contribution in [0.5, 0.6) is 5.75 Å². The predicted octanol–water partition coefficient (Wildman–Crippen LogP) is 1.18. The fourth-order valence-corrected chi connectivity index (χ4v) is 2.95. The van der Waals surface area contributed by atoms with Crippen molar-refractivity contribution in [2.75, 3.05) is 20.2 Å². The van der Waals surface area contributed by atoms with E-state index in [1.54, 1.807) is 19.2 Å². The van der Waals surface area contributed by atoms with Gasteiger partial charge in [0.05, 0.1) is 12.0 Å². The normalized spacial score (nSPS) is 11.2. The number of carbonyl (C=O) groups excluding carboxylic acids is 1. The second-order valence-corrected chi connectivity index (χ2v) is 7.63. The van der Waals surface area contributed by atoms with Crippen molar-refractivity contribution in [1.82, 2.24) is 10.6 Å². The number of amides is 1. The van der Waals surface area contributed by atoms with Crippen molar-refractivity contribution in [3.8, 4) is 5.75 Å². The highest BCUT2D eigenvalue weighted by Gasteiger charge is 2.06. The number of benzene rings is 2. The van der Waals surface area contributed by atoms with Crippen molar-refractivity contribution in [3.63, 3.8) is 0 Å². The van der Waals surface area contributed by atoms with Gasteiger partial charge in [-0.05, 0) is 48.4 Å². The van der Waals surface area contributed by atoms with Crippen LogP contribution in [-0.4, -0.2) is 34.5 Å². The molecule has 4 N–H and O–H groups in total. The maximum absolute atomic E-state index is 11.9. The van der Waals surface area contributed by atoms with Crippen molar-refractivity contribution in [2.24, 2.45) is 5.14 Å². The lowest BCUT2D eigenvalue weighted by atomic mass is 10.1. The van der Waals surface area contributed by atoms with E-state index < -0.39 is 10.0 Å². The molecule has 0 bridgehead atoms. The van der Waals surface area contributed by atoms with Gasteiger partial charge >= 0.3 is 0 Å². The maximum atomic E-state index is 11.9. The minimum absolute atomic E-state index is 0.0178. The SMILES string of the molecule is COc1ccc(CNC(=O)CCNCCc2ccc(S(N)(=O)=O)cc2)cc1. The van der Waals surface area contributed by atoms with Crippen molar-refractivity contribution >= 4 is 15.9 Å². The van der Waals surface area contributed by atoms with Crippen LogP contribution in [0.1, 0.15) is 17.5 Å². The van der Waals surface area contributed by atoms with Gasteiger partial charge in [-0.15, -0.1) is 0 Å². The molecule has 2 rings (SSSR count). The summed E-state index contributed by atoms with van der Waals surface area (Å²) < 4.78 is 27.5. The highest BCUT2D eigenvalue weighted by molar-refractivity contribution is 7.89. The van der Waals surface area contributed by atoms with Crippen LogP contribution in [0.15, 0.2) is 53.4 Å². The summed E-state index contributed by atoms with van der Waals surface area (Å²) in [6.07, 6.45) is 1.12. The zero-order valence-electron chi connectivity index (χ0n) is 15.3. The molecule has 0 heterocycles. The first-order chi connectivity index (χ1) is 12.9. The van der Waals surface area contributed by atoms with Gasteiger partial charge in [0.1, 0.15) is 5.75 Å². The van der Waals surface area contributed by atoms with Crippen LogP contribution in [0.25, 0.3) is 0 Å². The lowest BCUT2D eigenvalue weighted by molar-refractivity contribution is -0.121. The second-order valence-electron chi connectivity index (χ2n) is 6.06. The highest BCUT2D eigenvalue weighted by atomic mass is 32.2. The van der Waals surface area contributed by atoms with Crippen LogP contribution >= 0.6 is 0 Å². The molecule has 8 heteroatoms. The van der Waals surface area contributed by atoms with Crippen molar-refractivity contribution < 1.29 is 17.9 Å². The number of hydrogen-bond acceptors (Lipinski definition) is 5. The number of carbonyl (C=O) groups is 1. The minimum Gasteiger partial charge on any atom is -0.497 e. The first kappa shape index (κ1) is 20.9. The van der Waals surface area contributed by atoms with E-state index in [0.29, 0.717) is 26.1 Å². The molecule has 0 aromatic heterocycles. The number of primary sulfonamides is 1. The summed E-state index contributed by atoms with van der Waals surface area (Å²) in [5.74, 6) is 0.768. The molecule has 7 nitrogen and oxygen atoms in total. The Morgan fingerprint density at radius 2 is 1.63 bits per heavy atom. The van der Waals surface area contributed by atoms with Gasteiger partial charge in [-0.25, -0.2) is 13.6 Å². The molecule has 0 atom stereocenters. The molecule has 0 radical (unpaired) electrons. The molecule has 146 valence electrons. The molecule has 27 heavy (non-hydrogen) atoms. The van der Waals surface area contributed by atoms with E-state index in [-0.39, 0.29) is 10.8 Å². The van der Waals surface area contributed by atoms with Gasteiger partial charge in [-0.1, -0.05) is 24.3 Å². The topological polar surface area (TPSA) is 111 Å². The monoisotopic (exact) mass is 391 g/mol. The largest absolute Gasteiger partial charge is 0.497 e. The maximum Gasteiger partial charge on any atom is 0.238 e. The summed E-state index contributed by atoms with van der Waals surface area (Å²) >= 11 is 0. The van der Waals surface area contributed by atoms with E-state index in [2.05, 4.69) is 10.6 Å². The Hall–Kier alpha value is -2.42. The van der Waals surface area contributed by atoms with E-state index in [1.807, 2.05) is 24.3 Å². The summed E-state index contributed by atoms with van der Waals surface area (Å²) in [6, 6.07) is 14.0. The third kappa shape index (κ3) is 7.38. The van der Waals surface area contributed by atoms with Crippen LogP contribution in [0.2, 0.25) is 0 Å². The van der Waals surface area contributed by atoms with Gasteiger partial charge in [-0.2, -0.15) is 0 Å². The minimum atomic E-state index is -3.65. The molecular formula is C19H25N3O4S. The average Bonchev–Trinajstić information content (AvgIpc) is 2.66. The zero-order chi connectivity index (χ0) is 19.7. The van der Waals surface area contributed by atoms with E-state index in [4.69, 9.17) is 9.88 Å². The van der Waals surface area contributed by atoms with Crippen molar-refractivity contribution in [1.29, 1.82) is 0 Å². The molecular weight excluding hydrogens is 366 g/mol. The lowest BCUT2D eigenvalue weighted by Gasteiger charge is -2.08. The fraction of sp³-hybridized carbons (Fsp3) is 0.316. The Morgan fingerprint density at radius 3 is 2.22 bits per heavy atom. The molecule has 0 saturated heterocycles. The Bertz CT molecular complexity index is 834. The smallest absolute Gasteiger partial charge is 0.238 e. The Labute approximate surface area is 160 Å². The van der Waals surface area contributed by atoms with Crippen molar-refractivity contribution in [2.45, 2.75) is 24.3 Å². The zero-order valence-corrected chi connectivity index (χ0v) is 16.1. The molecule has 0 aliphatic rings. The molecule has 0 aliphatic heterocycles. The summed E-state index contributed by atoms with van der Waals surface area (Å²) in [5.41, 5.74) is 2.01. The molecule has 1 amide bonds. The molecule has 0 spiro atoms. The molecule has 0 fully saturated rings. The number of nitrogens with one attached hydrogen (secondary N) is 2. The average molecular weight is 391 g/mol. The lowest BCUT2D eigenvalue weighted by Crippen LogP contribution is -2.28. The van der Waals surface area contributed by atoms with Gasteiger partial charge in [0.2, 0.25) is 15.9 Å². The van der Waals surface area contributed by atoms with Gasteiger partial charge in [0.25, 0.3) is 0 Å². The highest BCUT2D eigenvalue weighted by Crippen LogP contribution is 2.11. The van der Waals surface area contributed by atoms with Gasteiger partial charge < -0.3 is 15.4 Å². The van der Waals surface area contributed by atoms with E-state index >= 15 is 0 Å². The third-order valence-electron chi connectivity index (χ3n) is 4.02. The number of hydrogen-bond donors (Lipinski definition) is 3. The first-order valence-electron chi connectivity index (χ1n) is 8.60. The van der Waals surface area contributed by atoms with Crippen LogP contribution in [0.4, 0.5) is 0 Å². The van der Waals surface area contributed by atoms with Crippen LogP contribution in [0.3, 0.4) is 0 Å². The quantitative estimate of drug-likeness (QED) is 0.527. The summed E-state index contributed by atoms with van der Waals surface area (Å²) in [5, 5.41) is 11.1. The Morgan fingerprint density at radius 1 is 1.00 bits per heavy atom. The Balaban J connectivity index is 1.61. The number of ether oxygens (including phenoxy) is 1. The summed E-state index contributed by atoms with van der Waals surface area (Å²) in [6.45, 7) is 1.75. The fourth-order valence-electron chi connectivity index (χ4n) is 2.44. The molecule has 2 aromatic rings. The number of methoxy groups -OCH3 is 1. The number of rotatable bonds is 10. The standard InChI is InChI=1S/C19H25N3O4S/c1-26-17-6-2-16(3-7-17)14-22-19(23)11-13-21-12-10-15-4-8-18(9-5-15)27(20,24)25/h2-9,21H,10-14H2,1H3,(H,22,23)(H2,20,24,25). The van der Waals surface area contributed by atoms with Crippen LogP contribution in [-0.2, 0) is 27.8 Å². The van der Waals surface area contributed by atoms with Gasteiger partial charge in [0, 0.05) is 19.5 Å². The number of sulfonamides is 1. The van der Waals surface area contributed by atoms with E-state index in [0.717, 1.165) is 23.3 Å². The molecule has 0 aliphatic carbocycles. The van der Waals surface area contributed by atoms with Crippen LogP contribution in [0, 0.1) is 0 Å². The van der Waals surface area contributed by atoms with E-state index in [9.17, 15) is 13.2 Å². The van der Waals surface area contributed by atoms with Crippen molar-refractivity contribution in [3.05, 3.63) is 59.7 Å². The third-order valence-corrected chi connectivity index (χ3v) is 4.95. The summed E-state index contributed by atoms with van der Waals surface area (Å²) in [4.78, 5) is 12.0. The molecule has 0 unspecified atom stereocenters. The Kier molecular flexibility index (Phi) is 7.78. The molecule has 0 saturated carbocycles. The summed E-state index contributed by atoms with van der Waals surface area (Å²) in [7, 11) is -2.04.